The molecule has 0 aliphatic heterocycles. The largest absolute Gasteiger partial charge is 0.392 e. The molecule has 0 amide bonds. The summed E-state index contributed by atoms with van der Waals surface area (Å²) >= 11 is 0. The van der Waals surface area contributed by atoms with Gasteiger partial charge in [-0.15, -0.1) is 0 Å². The number of carbonyl (C=O) groups excluding carboxylic acids is 1. The minimum absolute atomic E-state index is 0.217. The molecule has 0 saturated carbocycles. The Kier molecular flexibility index (Phi) is 5.29. The number of aliphatic hydroxyl groups excluding tert-OH is 1. The fourth-order valence-corrected chi connectivity index (χ4v) is 0.387. The standard InChI is InChI=1S/C8H10O2/c1-2-3-4-5-8(6-9)7-10/h2-6,10H,1,7H2/b4-3-,8-5-. The van der Waals surface area contributed by atoms with E-state index in [1.807, 2.05) is 0 Å². The zero-order valence-corrected chi connectivity index (χ0v) is 5.66. The average Bonchev–Trinajstić information content (AvgIpc) is 1.99. The van der Waals surface area contributed by atoms with Crippen LogP contribution in [0.15, 0.2) is 36.5 Å². The monoisotopic (exact) mass is 138 g/mol. The minimum atomic E-state index is -0.217. The molecule has 1 N–H and O–H groups in total. The normalized spacial score (nSPS) is 11.9. The highest BCUT2D eigenvalue weighted by molar-refractivity contribution is 5.73. The van der Waals surface area contributed by atoms with Crippen LogP contribution in [0.3, 0.4) is 0 Å². The maximum Gasteiger partial charge on any atom is 0.148 e. The second kappa shape index (κ2) is 5.98. The van der Waals surface area contributed by atoms with Gasteiger partial charge >= 0.3 is 0 Å². The minimum Gasteiger partial charge on any atom is -0.392 e. The van der Waals surface area contributed by atoms with Crippen molar-refractivity contribution in [2.45, 2.75) is 0 Å². The first kappa shape index (κ1) is 8.85. The van der Waals surface area contributed by atoms with Crippen LogP contribution in [-0.2, 0) is 4.79 Å². The number of hydrogen-bond acceptors (Lipinski definition) is 2. The lowest BCUT2D eigenvalue weighted by Crippen LogP contribution is -1.89. The van der Waals surface area contributed by atoms with Crippen LogP contribution in [0, 0.1) is 0 Å². The Bertz CT molecular complexity index is 166. The average molecular weight is 138 g/mol. The number of aldehydes is 1. The van der Waals surface area contributed by atoms with Crippen LogP contribution in [0.5, 0.6) is 0 Å². The Morgan fingerprint density at radius 3 is 2.60 bits per heavy atom. The molecule has 0 spiro atoms. The first-order valence-electron chi connectivity index (χ1n) is 2.89. The smallest absolute Gasteiger partial charge is 0.148 e. The molecule has 0 heterocycles. The zero-order valence-electron chi connectivity index (χ0n) is 5.66. The second-order valence-corrected chi connectivity index (χ2v) is 1.64. The Hall–Kier alpha value is -1.15. The summed E-state index contributed by atoms with van der Waals surface area (Å²) in [6, 6.07) is 0. The lowest BCUT2D eigenvalue weighted by atomic mass is 10.3. The third-order valence-electron chi connectivity index (χ3n) is 0.891. The Balaban J connectivity index is 3.97. The molecule has 0 aromatic rings. The third-order valence-corrected chi connectivity index (χ3v) is 0.891. The van der Waals surface area contributed by atoms with Crippen LogP contribution in [0.25, 0.3) is 0 Å². The lowest BCUT2D eigenvalue weighted by Gasteiger charge is -1.85. The van der Waals surface area contributed by atoms with Gasteiger partial charge in [-0.2, -0.15) is 0 Å². The van der Waals surface area contributed by atoms with Crippen LogP contribution in [0.2, 0.25) is 0 Å². The molecule has 0 aromatic carbocycles. The van der Waals surface area contributed by atoms with Crippen LogP contribution >= 0.6 is 0 Å². The summed E-state index contributed by atoms with van der Waals surface area (Å²) in [5.74, 6) is 0. The van der Waals surface area contributed by atoms with Crippen LogP contribution in [0.1, 0.15) is 0 Å². The van der Waals surface area contributed by atoms with Crippen molar-refractivity contribution in [1.29, 1.82) is 0 Å². The van der Waals surface area contributed by atoms with E-state index in [0.717, 1.165) is 0 Å². The van der Waals surface area contributed by atoms with Crippen molar-refractivity contribution in [1.82, 2.24) is 0 Å². The lowest BCUT2D eigenvalue weighted by molar-refractivity contribution is -0.105. The molecule has 0 bridgehead atoms. The highest BCUT2D eigenvalue weighted by atomic mass is 16.3. The van der Waals surface area contributed by atoms with E-state index in [2.05, 4.69) is 6.58 Å². The molecule has 0 aliphatic carbocycles. The molecule has 0 radical (unpaired) electrons. The summed E-state index contributed by atoms with van der Waals surface area (Å²) in [6.07, 6.45) is 7.07. The Labute approximate surface area is 60.2 Å². The predicted octanol–water partition coefficient (Wildman–Crippen LogP) is 0.846. The van der Waals surface area contributed by atoms with Crippen LogP contribution < -0.4 is 0 Å². The van der Waals surface area contributed by atoms with Crippen molar-refractivity contribution in [2.75, 3.05) is 6.61 Å². The highest BCUT2D eigenvalue weighted by Gasteiger charge is 1.85. The van der Waals surface area contributed by atoms with E-state index in [-0.39, 0.29) is 6.61 Å². The summed E-state index contributed by atoms with van der Waals surface area (Å²) in [6.45, 7) is 3.23. The van der Waals surface area contributed by atoms with E-state index in [0.29, 0.717) is 11.9 Å². The summed E-state index contributed by atoms with van der Waals surface area (Å²) in [5, 5.41) is 8.47. The van der Waals surface area contributed by atoms with E-state index in [1.54, 1.807) is 18.2 Å². The van der Waals surface area contributed by atoms with Crippen molar-refractivity contribution in [2.24, 2.45) is 0 Å². The van der Waals surface area contributed by atoms with E-state index in [4.69, 9.17) is 5.11 Å². The molecule has 0 rings (SSSR count). The van der Waals surface area contributed by atoms with Gasteiger partial charge in [-0.25, -0.2) is 0 Å². The fraction of sp³-hybridized carbons (Fsp3) is 0.125. The van der Waals surface area contributed by atoms with Crippen LogP contribution in [0.4, 0.5) is 0 Å². The molecule has 10 heavy (non-hydrogen) atoms. The first-order chi connectivity index (χ1) is 4.85. The molecule has 2 heteroatoms. The first-order valence-corrected chi connectivity index (χ1v) is 2.89. The Morgan fingerprint density at radius 1 is 1.50 bits per heavy atom. The molecule has 2 nitrogen and oxygen atoms in total. The van der Waals surface area contributed by atoms with Gasteiger partial charge in [-0.05, 0) is 0 Å². The fourth-order valence-electron chi connectivity index (χ4n) is 0.387. The van der Waals surface area contributed by atoms with Gasteiger partial charge in [0, 0.05) is 5.57 Å². The van der Waals surface area contributed by atoms with E-state index in [9.17, 15) is 4.79 Å². The number of hydrogen-bond donors (Lipinski definition) is 1. The molecule has 54 valence electrons. The topological polar surface area (TPSA) is 37.3 Å². The van der Waals surface area contributed by atoms with Crippen LogP contribution in [-0.4, -0.2) is 18.0 Å². The van der Waals surface area contributed by atoms with Gasteiger partial charge in [0.05, 0.1) is 6.61 Å². The van der Waals surface area contributed by atoms with Crippen molar-refractivity contribution in [3.8, 4) is 0 Å². The molecular formula is C8H10O2. The van der Waals surface area contributed by atoms with Gasteiger partial charge < -0.3 is 5.11 Å². The van der Waals surface area contributed by atoms with Gasteiger partial charge in [0.15, 0.2) is 0 Å². The van der Waals surface area contributed by atoms with Crippen molar-refractivity contribution in [3.05, 3.63) is 36.5 Å². The van der Waals surface area contributed by atoms with Gasteiger partial charge in [-0.1, -0.05) is 30.9 Å². The van der Waals surface area contributed by atoms with E-state index >= 15 is 0 Å². The molecular weight excluding hydrogens is 128 g/mol. The second-order valence-electron chi connectivity index (χ2n) is 1.64. The Morgan fingerprint density at radius 2 is 2.20 bits per heavy atom. The van der Waals surface area contributed by atoms with Crippen molar-refractivity contribution in [3.63, 3.8) is 0 Å². The number of allylic oxidation sites excluding steroid dienone is 4. The highest BCUT2D eigenvalue weighted by Crippen LogP contribution is 1.87. The molecule has 0 fully saturated rings. The quantitative estimate of drug-likeness (QED) is 0.355. The zero-order chi connectivity index (χ0) is 7.82. The third kappa shape index (κ3) is 3.80. The molecule has 0 aromatic heterocycles. The number of carbonyl (C=O) groups is 1. The maximum atomic E-state index is 10.0. The number of rotatable bonds is 4. The number of aliphatic hydroxyl groups is 1. The maximum absolute atomic E-state index is 10.0. The van der Waals surface area contributed by atoms with Gasteiger partial charge in [0.25, 0.3) is 0 Å². The van der Waals surface area contributed by atoms with E-state index in [1.165, 1.54) is 6.08 Å². The SMILES string of the molecule is C=C/C=C\C=C(\C=O)CO. The van der Waals surface area contributed by atoms with Gasteiger partial charge in [0.2, 0.25) is 0 Å². The molecule has 0 saturated heterocycles. The summed E-state index contributed by atoms with van der Waals surface area (Å²) in [5.41, 5.74) is 0.359. The predicted molar refractivity (Wildman–Crippen MR) is 40.6 cm³/mol. The summed E-state index contributed by atoms with van der Waals surface area (Å²) in [4.78, 5) is 10.0. The van der Waals surface area contributed by atoms with E-state index < -0.39 is 0 Å². The molecule has 0 aliphatic rings. The van der Waals surface area contributed by atoms with Gasteiger partial charge in [0.1, 0.15) is 6.29 Å². The molecule has 0 atom stereocenters. The van der Waals surface area contributed by atoms with Gasteiger partial charge in [-0.3, -0.25) is 4.79 Å². The summed E-state index contributed by atoms with van der Waals surface area (Å²) in [7, 11) is 0. The van der Waals surface area contributed by atoms with Crippen molar-refractivity contribution < 1.29 is 9.90 Å². The summed E-state index contributed by atoms with van der Waals surface area (Å²) < 4.78 is 0. The van der Waals surface area contributed by atoms with Crippen molar-refractivity contribution >= 4 is 6.29 Å². The molecule has 0 unspecified atom stereocenters.